The summed E-state index contributed by atoms with van der Waals surface area (Å²) in [6, 6.07) is 25.3. The zero-order valence-corrected chi connectivity index (χ0v) is 25.8. The van der Waals surface area contributed by atoms with Crippen molar-refractivity contribution in [1.82, 2.24) is 0 Å². The predicted octanol–water partition coefficient (Wildman–Crippen LogP) is 10.4. The number of hydrogen-bond acceptors (Lipinski definition) is 3. The van der Waals surface area contributed by atoms with Crippen LogP contribution in [0.4, 0.5) is 0 Å². The van der Waals surface area contributed by atoms with E-state index < -0.39 is 0 Å². The quantitative estimate of drug-likeness (QED) is 0.190. The van der Waals surface area contributed by atoms with E-state index in [1.165, 1.54) is 6.20 Å². The minimum absolute atomic E-state index is 0.238. The van der Waals surface area contributed by atoms with Crippen LogP contribution in [0.1, 0.15) is 18.2 Å². The molecule has 0 radical (unpaired) electrons. The smallest absolute Gasteiger partial charge is 0.182 e. The third-order valence-electron chi connectivity index (χ3n) is 8.39. The van der Waals surface area contributed by atoms with Crippen LogP contribution in [-0.4, -0.2) is 5.71 Å². The first kappa shape index (κ1) is 28.8. The first-order valence-electron chi connectivity index (χ1n) is 15.3. The fraction of sp³-hybridized carbons (Fsp3) is 0.0465. The third-order valence-corrected chi connectivity index (χ3v) is 8.39. The second-order valence-electron chi connectivity index (χ2n) is 11.5. The third kappa shape index (κ3) is 4.92. The number of benzene rings is 3. The Labute approximate surface area is 266 Å². The molecule has 2 aliphatic rings. The van der Waals surface area contributed by atoms with E-state index in [9.17, 15) is 0 Å². The standard InChI is InChI=1S/C43H33NO2/c1-6-31-41(39(44-7-2)30-25-24-28(4)21-20-27(3)22-23-29(5)26-30)46-43-38-36-18-12-10-16-34(36)32-14-8-9-15-33(32)35-17-11-13-19-37(35)40(38)45-42(31)43/h6-27H,1-2,4-5H2,3H3/b21-20-,23-22-,25-24?,30-26?,34-32?,35-33?,38-36?,40-37?,44-39?. The zero-order chi connectivity index (χ0) is 31.8. The number of furan rings is 2. The van der Waals surface area contributed by atoms with Crippen LogP contribution in [0, 0.1) is 47.9 Å². The summed E-state index contributed by atoms with van der Waals surface area (Å²) in [5.41, 5.74) is 5.80. The monoisotopic (exact) mass is 595 g/mol. The van der Waals surface area contributed by atoms with Crippen molar-refractivity contribution in [3.05, 3.63) is 218 Å². The second kappa shape index (κ2) is 11.9. The first-order valence-corrected chi connectivity index (χ1v) is 15.3. The number of aliphatic imine (C=N–C) groups is 1. The number of hydrogen-bond donors (Lipinski definition) is 0. The summed E-state index contributed by atoms with van der Waals surface area (Å²) in [5, 5.41) is 7.43. The summed E-state index contributed by atoms with van der Waals surface area (Å²) in [4.78, 5) is 4.75. The highest BCUT2D eigenvalue weighted by Gasteiger charge is 2.24. The molecule has 0 saturated heterocycles. The van der Waals surface area contributed by atoms with Crippen LogP contribution in [0.2, 0.25) is 0 Å². The van der Waals surface area contributed by atoms with Gasteiger partial charge in [-0.05, 0) is 49.2 Å². The number of fused-ring (bicyclic) bond motifs is 6. The predicted molar refractivity (Wildman–Crippen MR) is 188 cm³/mol. The van der Waals surface area contributed by atoms with Gasteiger partial charge in [-0.3, -0.25) is 4.99 Å². The van der Waals surface area contributed by atoms with Gasteiger partial charge >= 0.3 is 0 Å². The molecule has 1 atom stereocenters. The highest BCUT2D eigenvalue weighted by molar-refractivity contribution is 6.17. The number of rotatable bonds is 4. The van der Waals surface area contributed by atoms with Gasteiger partial charge < -0.3 is 8.83 Å². The second-order valence-corrected chi connectivity index (χ2v) is 11.5. The van der Waals surface area contributed by atoms with Crippen molar-refractivity contribution in [3.8, 4) is 0 Å². The molecule has 1 unspecified atom stereocenters. The van der Waals surface area contributed by atoms with Gasteiger partial charge in [0, 0.05) is 17.0 Å². The van der Waals surface area contributed by atoms with Gasteiger partial charge in [0.15, 0.2) is 16.9 Å². The largest absolute Gasteiger partial charge is 0.451 e. The van der Waals surface area contributed by atoms with E-state index in [0.717, 1.165) is 58.7 Å². The molecule has 0 spiro atoms. The molecule has 0 fully saturated rings. The van der Waals surface area contributed by atoms with Gasteiger partial charge in [0.1, 0.15) is 11.1 Å². The molecule has 2 aliphatic carbocycles. The minimum atomic E-state index is 0.238. The average Bonchev–Trinajstić information content (AvgIpc) is 3.61. The lowest BCUT2D eigenvalue weighted by Crippen LogP contribution is -2.04. The summed E-state index contributed by atoms with van der Waals surface area (Å²) in [5.74, 6) is 0.777. The molecular formula is C43H33NO2. The Morgan fingerprint density at radius 1 is 0.674 bits per heavy atom. The highest BCUT2D eigenvalue weighted by Crippen LogP contribution is 2.34. The maximum absolute atomic E-state index is 6.88. The van der Waals surface area contributed by atoms with Crippen LogP contribution in [0.3, 0.4) is 0 Å². The van der Waals surface area contributed by atoms with Gasteiger partial charge in [0.2, 0.25) is 0 Å². The van der Waals surface area contributed by atoms with E-state index in [1.54, 1.807) is 6.08 Å². The molecule has 3 nitrogen and oxygen atoms in total. The van der Waals surface area contributed by atoms with E-state index in [2.05, 4.69) is 112 Å². The molecule has 46 heavy (non-hydrogen) atoms. The van der Waals surface area contributed by atoms with Gasteiger partial charge in [-0.1, -0.05) is 149 Å². The Kier molecular flexibility index (Phi) is 7.44. The van der Waals surface area contributed by atoms with Crippen LogP contribution in [-0.2, 0) is 0 Å². The number of allylic oxidation sites excluding steroid dienone is 10. The average molecular weight is 596 g/mol. The Hall–Kier alpha value is -5.93. The molecule has 0 amide bonds. The van der Waals surface area contributed by atoms with Crippen molar-refractivity contribution in [2.24, 2.45) is 10.9 Å². The molecule has 2 aromatic heterocycles. The van der Waals surface area contributed by atoms with Crippen molar-refractivity contribution in [2.75, 3.05) is 0 Å². The van der Waals surface area contributed by atoms with E-state index >= 15 is 0 Å². The summed E-state index contributed by atoms with van der Waals surface area (Å²) in [6.07, 6.45) is 17.5. The van der Waals surface area contributed by atoms with Crippen molar-refractivity contribution < 1.29 is 8.83 Å². The molecule has 0 aliphatic heterocycles. The first-order chi connectivity index (χ1) is 22.5. The summed E-state index contributed by atoms with van der Waals surface area (Å²) < 4.78 is 13.7. The van der Waals surface area contributed by atoms with E-state index in [4.69, 9.17) is 13.8 Å². The Morgan fingerprint density at radius 2 is 1.24 bits per heavy atom. The lowest BCUT2D eigenvalue weighted by atomic mass is 10.0. The van der Waals surface area contributed by atoms with Crippen molar-refractivity contribution in [3.63, 3.8) is 0 Å². The summed E-state index contributed by atoms with van der Waals surface area (Å²) in [6.45, 7) is 18.7. The maximum atomic E-state index is 6.88. The topological polar surface area (TPSA) is 38.6 Å². The fourth-order valence-electron chi connectivity index (χ4n) is 6.22. The Bertz CT molecular complexity index is 2670. The van der Waals surface area contributed by atoms with Crippen LogP contribution in [0.25, 0.3) is 17.2 Å². The Balaban J connectivity index is 1.64. The van der Waals surface area contributed by atoms with Gasteiger partial charge in [-0.15, -0.1) is 0 Å². The fourth-order valence-corrected chi connectivity index (χ4v) is 6.22. The van der Waals surface area contributed by atoms with Gasteiger partial charge in [-0.2, -0.15) is 0 Å². The van der Waals surface area contributed by atoms with Crippen LogP contribution in [0.5, 0.6) is 0 Å². The van der Waals surface area contributed by atoms with Crippen molar-refractivity contribution in [1.29, 1.82) is 0 Å². The molecule has 0 N–H and O–H groups in total. The van der Waals surface area contributed by atoms with Crippen LogP contribution >= 0.6 is 0 Å². The zero-order valence-electron chi connectivity index (χ0n) is 25.8. The molecule has 5 aromatic rings. The lowest BCUT2D eigenvalue weighted by molar-refractivity contribution is 0.577. The van der Waals surface area contributed by atoms with E-state index in [1.807, 2.05) is 36.4 Å². The van der Waals surface area contributed by atoms with E-state index in [0.29, 0.717) is 28.2 Å². The molecule has 0 saturated carbocycles. The lowest BCUT2D eigenvalue weighted by Gasteiger charge is -2.07. The molecular weight excluding hydrogens is 562 g/mol. The normalized spacial score (nSPS) is 17.4. The molecule has 2 heterocycles. The minimum Gasteiger partial charge on any atom is -0.451 e. The van der Waals surface area contributed by atoms with E-state index in [-0.39, 0.29) is 5.92 Å². The SMILES string of the molecule is C=CN=C(C1=CC(=C)/C=C\C(C)/C=C\C(=C)C=C1)c1oc2c3c(oc2c1C=C)=c1ccccc1=c1ccccc1=c1ccccc1=3. The molecule has 222 valence electrons. The molecule has 3 aromatic carbocycles. The highest BCUT2D eigenvalue weighted by atomic mass is 16.4. The summed E-state index contributed by atoms with van der Waals surface area (Å²) in [7, 11) is 0. The molecule has 3 heteroatoms. The maximum Gasteiger partial charge on any atom is 0.182 e. The Morgan fingerprint density at radius 3 is 1.87 bits per heavy atom. The van der Waals surface area contributed by atoms with Gasteiger partial charge in [0.25, 0.3) is 0 Å². The number of nitrogens with zero attached hydrogens (tertiary/aromatic N) is 1. The van der Waals surface area contributed by atoms with Gasteiger partial charge in [-0.25, -0.2) is 0 Å². The van der Waals surface area contributed by atoms with Crippen molar-refractivity contribution >= 4 is 23.0 Å². The molecule has 0 bridgehead atoms. The summed E-state index contributed by atoms with van der Waals surface area (Å²) >= 11 is 0. The molecule has 7 rings (SSSR count). The van der Waals surface area contributed by atoms with Crippen molar-refractivity contribution in [2.45, 2.75) is 6.92 Å². The van der Waals surface area contributed by atoms with Gasteiger partial charge in [0.05, 0.1) is 10.8 Å². The van der Waals surface area contributed by atoms with Crippen LogP contribution < -0.4 is 0 Å². The van der Waals surface area contributed by atoms with Crippen LogP contribution in [0.15, 0.2) is 178 Å².